The maximum absolute atomic E-state index is 12.3. The number of carbonyl (C=O) groups is 3. The molecule has 21 heteroatoms. The van der Waals surface area contributed by atoms with Gasteiger partial charge in [-0.25, -0.2) is 4.79 Å². The molecule has 8 aromatic carbocycles. The Bertz CT molecular complexity index is 3960. The molecule has 0 saturated heterocycles. The monoisotopic (exact) mass is 1150 g/mol. The Morgan fingerprint density at radius 1 is 0.357 bits per heavy atom. The predicted octanol–water partition coefficient (Wildman–Crippen LogP) is 9.21. The highest BCUT2D eigenvalue weighted by atomic mass is 17.2. The zero-order chi connectivity index (χ0) is 60.7. The van der Waals surface area contributed by atoms with Crippen LogP contribution in [0.4, 0.5) is 0 Å². The third-order valence-corrected chi connectivity index (χ3v) is 15.1. The number of aryl methyl sites for hydroxylation is 5. The Kier molecular flexibility index (Phi) is 16.0. The lowest BCUT2D eigenvalue weighted by atomic mass is 9.74. The van der Waals surface area contributed by atoms with Crippen LogP contribution in [0.2, 0.25) is 0 Å². The second-order valence-electron chi connectivity index (χ2n) is 20.3. The molecule has 8 bridgehead atoms. The predicted molar refractivity (Wildman–Crippen MR) is 297 cm³/mol. The smallest absolute Gasteiger partial charge is 0.341 e. The lowest BCUT2D eigenvalue weighted by Gasteiger charge is -2.31. The minimum atomic E-state index is -1.65. The number of benzene rings is 8. The second kappa shape index (κ2) is 23.2. The second-order valence-corrected chi connectivity index (χ2v) is 20.3. The molecule has 434 valence electrons. The molecule has 0 amide bonds. The molecule has 1 aliphatic rings. The summed E-state index contributed by atoms with van der Waals surface area (Å²) < 4.78 is 5.54. The van der Waals surface area contributed by atoms with E-state index in [1.54, 1.807) is 45.9 Å². The fourth-order valence-corrected chi connectivity index (χ4v) is 10.9. The van der Waals surface area contributed by atoms with Gasteiger partial charge in [0.2, 0.25) is 23.0 Å². The van der Waals surface area contributed by atoms with Gasteiger partial charge in [0.15, 0.2) is 64.1 Å². The summed E-state index contributed by atoms with van der Waals surface area (Å²) in [7, 11) is 0. The number of ether oxygens (including phenoxy) is 1. The first kappa shape index (κ1) is 58.2. The SMILES string of the molecule is Cc1ccc(C2c3cc(c(O)c(O)c3O)C(c3ccc(OCC(=O)O)c(C)c3)c3cc(c(O)c(O)c3O)C(c3ccc(OOCC=O)c(C)c3)c3cc(c(O)c(O)c3O)C(c3ccc(OOCC=O)c(C)c3)c3cc2c(O)c(O)c3O)cc1C. The Labute approximate surface area is 478 Å². The normalized spacial score (nSPS) is 15.5. The maximum atomic E-state index is 12.3. The van der Waals surface area contributed by atoms with Crippen molar-refractivity contribution in [1.29, 1.82) is 0 Å². The van der Waals surface area contributed by atoms with Crippen LogP contribution in [-0.4, -0.2) is 105 Å². The van der Waals surface area contributed by atoms with Crippen molar-refractivity contribution in [1.82, 2.24) is 0 Å². The number of hydrogen-bond donors (Lipinski definition) is 13. The van der Waals surface area contributed by atoms with Gasteiger partial charge in [-0.2, -0.15) is 9.78 Å². The van der Waals surface area contributed by atoms with Crippen LogP contribution in [0.5, 0.6) is 86.2 Å². The van der Waals surface area contributed by atoms with E-state index >= 15 is 0 Å². The number of aliphatic carboxylic acids is 1. The molecule has 0 aromatic heterocycles. The van der Waals surface area contributed by atoms with Gasteiger partial charge in [0, 0.05) is 68.2 Å². The Morgan fingerprint density at radius 2 is 0.619 bits per heavy atom. The number of phenolic OH excluding ortho intramolecular Hbond substituents is 12. The molecule has 0 heterocycles. The van der Waals surface area contributed by atoms with E-state index in [1.807, 2.05) is 6.92 Å². The minimum Gasteiger partial charge on any atom is -0.504 e. The number of fused-ring (bicyclic) bond motifs is 8. The van der Waals surface area contributed by atoms with E-state index in [0.29, 0.717) is 34.8 Å². The number of aromatic hydroxyl groups is 12. The van der Waals surface area contributed by atoms with Crippen molar-refractivity contribution in [2.45, 2.75) is 58.3 Å². The third-order valence-electron chi connectivity index (χ3n) is 15.1. The topological polar surface area (TPSA) is 360 Å². The van der Waals surface area contributed by atoms with E-state index in [4.69, 9.17) is 24.3 Å². The number of carboxylic acid groups (broad SMARTS) is 1. The average molecular weight is 1150 g/mol. The Morgan fingerprint density at radius 3 is 0.869 bits per heavy atom. The lowest BCUT2D eigenvalue weighted by molar-refractivity contribution is -0.202. The van der Waals surface area contributed by atoms with Crippen molar-refractivity contribution in [3.05, 3.63) is 192 Å². The first-order valence-corrected chi connectivity index (χ1v) is 25.8. The zero-order valence-electron chi connectivity index (χ0n) is 45.4. The molecule has 0 spiro atoms. The Balaban J connectivity index is 1.50. The molecular weight excluding hydrogens is 1090 g/mol. The molecule has 0 fully saturated rings. The van der Waals surface area contributed by atoms with Gasteiger partial charge >= 0.3 is 5.97 Å². The number of carbonyl (C=O) groups excluding carboxylic acids is 2. The fourth-order valence-electron chi connectivity index (χ4n) is 10.9. The van der Waals surface area contributed by atoms with Gasteiger partial charge in [0.1, 0.15) is 31.5 Å². The highest BCUT2D eigenvalue weighted by Gasteiger charge is 2.40. The average Bonchev–Trinajstić information content (AvgIpc) is 1.08. The number of aldehydes is 2. The first-order chi connectivity index (χ1) is 40.0. The number of rotatable bonds is 15. The summed E-state index contributed by atoms with van der Waals surface area (Å²) >= 11 is 0. The summed E-state index contributed by atoms with van der Waals surface area (Å²) in [5, 5.41) is 157. The van der Waals surface area contributed by atoms with Gasteiger partial charge in [-0.15, -0.1) is 0 Å². The molecule has 1 aliphatic carbocycles. The van der Waals surface area contributed by atoms with Crippen LogP contribution in [0, 0.1) is 34.6 Å². The molecule has 13 N–H and O–H groups in total. The largest absolute Gasteiger partial charge is 0.504 e. The number of phenols is 12. The minimum absolute atomic E-state index is 0.0762. The van der Waals surface area contributed by atoms with Gasteiger partial charge in [0.25, 0.3) is 0 Å². The third kappa shape index (κ3) is 10.4. The summed E-state index contributed by atoms with van der Waals surface area (Å²) in [6.45, 7) is 6.61. The Hall–Kier alpha value is -10.5. The van der Waals surface area contributed by atoms with Gasteiger partial charge in [-0.05, 0) is 127 Å². The van der Waals surface area contributed by atoms with Crippen LogP contribution in [0.25, 0.3) is 0 Å². The van der Waals surface area contributed by atoms with Crippen LogP contribution in [0.1, 0.15) is 118 Å². The molecular formula is C63H56O21. The van der Waals surface area contributed by atoms with Gasteiger partial charge < -0.3 is 90.5 Å². The van der Waals surface area contributed by atoms with Crippen LogP contribution >= 0.6 is 0 Å². The maximum Gasteiger partial charge on any atom is 0.341 e. The molecule has 4 atom stereocenters. The highest BCUT2D eigenvalue weighted by Crippen LogP contribution is 2.60. The molecule has 0 radical (unpaired) electrons. The molecule has 0 aliphatic heterocycles. The summed E-state index contributed by atoms with van der Waals surface area (Å²) in [5.74, 6) is -20.1. The van der Waals surface area contributed by atoms with E-state index in [2.05, 4.69) is 0 Å². The van der Waals surface area contributed by atoms with Gasteiger partial charge in [-0.3, -0.25) is 0 Å². The number of hydrogen-bond acceptors (Lipinski definition) is 20. The van der Waals surface area contributed by atoms with Crippen molar-refractivity contribution < 1.29 is 105 Å². The van der Waals surface area contributed by atoms with Crippen molar-refractivity contribution in [2.24, 2.45) is 0 Å². The van der Waals surface area contributed by atoms with Crippen LogP contribution in [-0.2, 0) is 24.2 Å². The van der Waals surface area contributed by atoms with E-state index in [9.17, 15) is 80.8 Å². The summed E-state index contributed by atoms with van der Waals surface area (Å²) in [5.41, 5.74) is 0.332. The van der Waals surface area contributed by atoms with Gasteiger partial charge in [-0.1, -0.05) is 54.6 Å². The molecule has 0 saturated carbocycles. The number of carboxylic acids is 1. The summed E-state index contributed by atoms with van der Waals surface area (Å²) in [6.07, 6.45) is 0.893. The summed E-state index contributed by atoms with van der Waals surface area (Å²) in [6, 6.07) is 22.8. The molecule has 8 aromatic rings. The van der Waals surface area contributed by atoms with E-state index in [1.165, 1.54) is 78.9 Å². The fraction of sp³-hybridized carbons (Fsp3) is 0.190. The highest BCUT2D eigenvalue weighted by molar-refractivity contribution is 5.75. The molecule has 21 nitrogen and oxygen atoms in total. The lowest BCUT2D eigenvalue weighted by Crippen LogP contribution is -2.14. The molecule has 4 unspecified atom stereocenters. The quantitative estimate of drug-likeness (QED) is 0.0149. The first-order valence-electron chi connectivity index (χ1n) is 25.8. The van der Waals surface area contributed by atoms with Gasteiger partial charge in [0.05, 0.1) is 0 Å². The van der Waals surface area contributed by atoms with E-state index < -0.39 is 118 Å². The molecule has 9 rings (SSSR count). The molecule has 84 heavy (non-hydrogen) atoms. The van der Waals surface area contributed by atoms with Crippen molar-refractivity contribution in [3.63, 3.8) is 0 Å². The standard InChI is InChI=1S/C63H56O21/c1-27-6-7-32(18-28(27)2)48-36-22-38(54(70)60(76)52(36)68)49(33-8-11-44(29(3)19-33)80-26-47(66)67)39-24-41(57(73)62(78)55(39)71)51(35-10-13-46(31(5)21-35)84-82-17-15-65)43-25-42(58(74)63(79)59(43)75)50(40-23-37(48)53(69)61(77)56(40)72)34-9-12-45(30(4)20-34)83-81-16-14-64/h6-15,18-25,48-51,68-79H,16-17,26H2,1-5H3,(H,66,67). The van der Waals surface area contributed by atoms with E-state index in [-0.39, 0.29) is 84.0 Å². The van der Waals surface area contributed by atoms with E-state index in [0.717, 1.165) is 5.56 Å². The van der Waals surface area contributed by atoms with Crippen molar-refractivity contribution in [2.75, 3.05) is 19.8 Å². The van der Waals surface area contributed by atoms with Crippen LogP contribution < -0.4 is 14.5 Å². The van der Waals surface area contributed by atoms with Crippen LogP contribution in [0.3, 0.4) is 0 Å². The zero-order valence-corrected chi connectivity index (χ0v) is 45.4. The van der Waals surface area contributed by atoms with Crippen molar-refractivity contribution >= 4 is 18.5 Å². The van der Waals surface area contributed by atoms with Crippen LogP contribution in [0.15, 0.2) is 97.1 Å². The van der Waals surface area contributed by atoms with Crippen molar-refractivity contribution in [3.8, 4) is 86.2 Å². The summed E-state index contributed by atoms with van der Waals surface area (Å²) in [4.78, 5) is 54.7.